The van der Waals surface area contributed by atoms with Crippen LogP contribution in [-0.2, 0) is 10.2 Å². The van der Waals surface area contributed by atoms with E-state index < -0.39 is 40.7 Å². The Balaban J connectivity index is 2.79. The summed E-state index contributed by atoms with van der Waals surface area (Å²) in [5.74, 6) is -21.9. The SMILES string of the molecule is CC(C)CC1=Cc2ccccc2C(C)(C(F)(F)C(F)(F)C(F)(F)C(F)(F)F)C1=O. The van der Waals surface area contributed by atoms with E-state index in [9.17, 15) is 44.3 Å². The van der Waals surface area contributed by atoms with E-state index in [1.807, 2.05) is 0 Å². The molecular formula is C19H17F9O. The third kappa shape index (κ3) is 3.15. The Kier molecular flexibility index (Phi) is 5.43. The predicted octanol–water partition coefficient (Wildman–Crippen LogP) is 6.42. The number of carbonyl (C=O) groups is 1. The van der Waals surface area contributed by atoms with E-state index in [2.05, 4.69) is 0 Å². The molecule has 0 fully saturated rings. The van der Waals surface area contributed by atoms with Crippen molar-refractivity contribution in [3.8, 4) is 0 Å². The molecule has 29 heavy (non-hydrogen) atoms. The van der Waals surface area contributed by atoms with Gasteiger partial charge in [-0.3, -0.25) is 4.79 Å². The van der Waals surface area contributed by atoms with Crippen molar-refractivity contribution in [1.82, 2.24) is 0 Å². The van der Waals surface area contributed by atoms with Crippen LogP contribution in [0.15, 0.2) is 29.8 Å². The molecule has 10 heteroatoms. The van der Waals surface area contributed by atoms with E-state index in [4.69, 9.17) is 0 Å². The highest BCUT2D eigenvalue weighted by molar-refractivity contribution is 6.10. The van der Waals surface area contributed by atoms with E-state index in [-0.39, 0.29) is 30.4 Å². The fourth-order valence-electron chi connectivity index (χ4n) is 3.37. The summed E-state index contributed by atoms with van der Waals surface area (Å²) in [7, 11) is 0. The van der Waals surface area contributed by atoms with Crippen molar-refractivity contribution in [3.05, 3.63) is 41.0 Å². The molecule has 0 amide bonds. The average Bonchev–Trinajstić information content (AvgIpc) is 2.57. The normalized spacial score (nSPS) is 21.3. The Morgan fingerprint density at radius 3 is 1.90 bits per heavy atom. The van der Waals surface area contributed by atoms with Crippen LogP contribution in [-0.4, -0.2) is 29.7 Å². The van der Waals surface area contributed by atoms with Crippen LogP contribution < -0.4 is 0 Å². The van der Waals surface area contributed by atoms with Gasteiger partial charge in [-0.25, -0.2) is 0 Å². The van der Waals surface area contributed by atoms with E-state index in [0.29, 0.717) is 0 Å². The highest BCUT2D eigenvalue weighted by Crippen LogP contribution is 2.60. The van der Waals surface area contributed by atoms with Crippen LogP contribution in [0.2, 0.25) is 0 Å². The standard InChI is InChI=1S/C19H17F9O/c1-10(2)8-12-9-11-6-4-5-7-13(11)15(3,14(12)29)16(20,21)17(22,23)18(24,25)19(26,27)28/h4-7,9-10H,8H2,1-3H3. The van der Waals surface area contributed by atoms with Gasteiger partial charge < -0.3 is 0 Å². The maximum Gasteiger partial charge on any atom is 0.460 e. The molecule has 1 unspecified atom stereocenters. The molecule has 0 saturated heterocycles. The molecule has 0 aromatic heterocycles. The Morgan fingerprint density at radius 2 is 1.41 bits per heavy atom. The number of rotatable bonds is 5. The van der Waals surface area contributed by atoms with Gasteiger partial charge in [0.25, 0.3) is 0 Å². The molecule has 0 radical (unpaired) electrons. The molecule has 0 N–H and O–H groups in total. The summed E-state index contributed by atoms with van der Waals surface area (Å²) in [5.41, 5.74) is -4.87. The molecule has 2 rings (SSSR count). The molecule has 1 aliphatic rings. The number of alkyl halides is 9. The topological polar surface area (TPSA) is 17.1 Å². The minimum Gasteiger partial charge on any atom is -0.293 e. The van der Waals surface area contributed by atoms with Gasteiger partial charge in [-0.2, -0.15) is 39.5 Å². The minimum atomic E-state index is -7.07. The second-order valence-electron chi connectivity index (χ2n) is 7.53. The summed E-state index contributed by atoms with van der Waals surface area (Å²) in [6.45, 7) is 3.47. The second kappa shape index (κ2) is 6.77. The summed E-state index contributed by atoms with van der Waals surface area (Å²) >= 11 is 0. The number of allylic oxidation sites excluding steroid dienone is 1. The van der Waals surface area contributed by atoms with Gasteiger partial charge in [0.2, 0.25) is 0 Å². The highest BCUT2D eigenvalue weighted by Gasteiger charge is 2.86. The number of hydrogen-bond acceptors (Lipinski definition) is 1. The molecule has 0 saturated carbocycles. The van der Waals surface area contributed by atoms with Crippen molar-refractivity contribution in [2.45, 2.75) is 56.6 Å². The lowest BCUT2D eigenvalue weighted by Crippen LogP contribution is -2.69. The largest absolute Gasteiger partial charge is 0.460 e. The number of ketones is 1. The van der Waals surface area contributed by atoms with Crippen LogP contribution >= 0.6 is 0 Å². The first-order valence-electron chi connectivity index (χ1n) is 8.48. The van der Waals surface area contributed by atoms with E-state index in [1.54, 1.807) is 13.8 Å². The lowest BCUT2D eigenvalue weighted by molar-refractivity contribution is -0.402. The number of benzene rings is 1. The number of hydrogen-bond donors (Lipinski definition) is 0. The lowest BCUT2D eigenvalue weighted by Gasteiger charge is -2.45. The van der Waals surface area contributed by atoms with Crippen LogP contribution in [0.1, 0.15) is 38.3 Å². The first-order valence-corrected chi connectivity index (χ1v) is 8.48. The quantitative estimate of drug-likeness (QED) is 0.491. The molecular weight excluding hydrogens is 415 g/mol. The fraction of sp³-hybridized carbons (Fsp3) is 0.526. The molecule has 1 atom stereocenters. The van der Waals surface area contributed by atoms with E-state index >= 15 is 0 Å². The molecule has 0 aliphatic heterocycles. The van der Waals surface area contributed by atoms with Crippen LogP contribution in [0.4, 0.5) is 39.5 Å². The molecule has 0 spiro atoms. The van der Waals surface area contributed by atoms with Gasteiger partial charge in [-0.15, -0.1) is 0 Å². The molecule has 162 valence electrons. The van der Waals surface area contributed by atoms with Crippen LogP contribution in [0, 0.1) is 5.92 Å². The minimum absolute atomic E-state index is 0.129. The van der Waals surface area contributed by atoms with Crippen LogP contribution in [0.3, 0.4) is 0 Å². The van der Waals surface area contributed by atoms with Gasteiger partial charge in [-0.05, 0) is 42.0 Å². The lowest BCUT2D eigenvalue weighted by atomic mass is 9.63. The number of fused-ring (bicyclic) bond motifs is 1. The Hall–Kier alpha value is -2.00. The van der Waals surface area contributed by atoms with Crippen molar-refractivity contribution in [3.63, 3.8) is 0 Å². The summed E-state index contributed by atoms with van der Waals surface area (Å²) in [4.78, 5) is 12.8. The maximum atomic E-state index is 15.0. The Morgan fingerprint density at radius 1 is 0.897 bits per heavy atom. The van der Waals surface area contributed by atoms with Crippen molar-refractivity contribution in [2.24, 2.45) is 5.92 Å². The third-order valence-corrected chi connectivity index (χ3v) is 4.98. The van der Waals surface area contributed by atoms with Crippen LogP contribution in [0.5, 0.6) is 0 Å². The van der Waals surface area contributed by atoms with Gasteiger partial charge in [0.1, 0.15) is 5.41 Å². The Labute approximate surface area is 160 Å². The zero-order chi connectivity index (χ0) is 22.6. The molecule has 1 aliphatic carbocycles. The summed E-state index contributed by atoms with van der Waals surface area (Å²) in [5, 5.41) is 0. The summed E-state index contributed by atoms with van der Waals surface area (Å²) in [6.07, 6.45) is -5.94. The van der Waals surface area contributed by atoms with Gasteiger partial charge in [-0.1, -0.05) is 38.1 Å². The van der Waals surface area contributed by atoms with E-state index in [1.165, 1.54) is 12.1 Å². The van der Waals surface area contributed by atoms with Crippen molar-refractivity contribution in [2.75, 3.05) is 0 Å². The fourth-order valence-corrected chi connectivity index (χ4v) is 3.37. The molecule has 0 heterocycles. The zero-order valence-corrected chi connectivity index (χ0v) is 15.5. The maximum absolute atomic E-state index is 15.0. The van der Waals surface area contributed by atoms with Crippen LogP contribution in [0.25, 0.3) is 6.08 Å². The summed E-state index contributed by atoms with van der Waals surface area (Å²) in [6, 6.07) is 4.46. The highest BCUT2D eigenvalue weighted by atomic mass is 19.4. The first kappa shape index (κ1) is 23.3. The van der Waals surface area contributed by atoms with Gasteiger partial charge >= 0.3 is 23.9 Å². The monoisotopic (exact) mass is 432 g/mol. The number of halogens is 9. The van der Waals surface area contributed by atoms with Crippen molar-refractivity contribution >= 4 is 11.9 Å². The van der Waals surface area contributed by atoms with Gasteiger partial charge in [0, 0.05) is 0 Å². The van der Waals surface area contributed by atoms with Crippen molar-refractivity contribution < 1.29 is 44.3 Å². The van der Waals surface area contributed by atoms with Crippen molar-refractivity contribution in [1.29, 1.82) is 0 Å². The molecule has 1 nitrogen and oxygen atoms in total. The van der Waals surface area contributed by atoms with Gasteiger partial charge in [0.05, 0.1) is 0 Å². The molecule has 1 aromatic carbocycles. The number of Topliss-reactive ketones (excluding diaryl/α,β-unsaturated/α-hetero) is 1. The first-order chi connectivity index (χ1) is 12.9. The number of carbonyl (C=O) groups excluding carboxylic acids is 1. The predicted molar refractivity (Wildman–Crippen MR) is 87.1 cm³/mol. The molecule has 0 bridgehead atoms. The molecule has 1 aromatic rings. The zero-order valence-electron chi connectivity index (χ0n) is 15.5. The smallest absolute Gasteiger partial charge is 0.293 e. The average molecular weight is 432 g/mol. The second-order valence-corrected chi connectivity index (χ2v) is 7.53. The Bertz CT molecular complexity index is 836. The third-order valence-electron chi connectivity index (χ3n) is 4.98. The summed E-state index contributed by atoms with van der Waals surface area (Å²) < 4.78 is 123. The van der Waals surface area contributed by atoms with E-state index in [0.717, 1.165) is 18.2 Å². The van der Waals surface area contributed by atoms with Gasteiger partial charge in [0.15, 0.2) is 5.78 Å².